The van der Waals surface area contributed by atoms with Crippen molar-refractivity contribution in [2.75, 3.05) is 5.32 Å². The fourth-order valence-corrected chi connectivity index (χ4v) is 1.78. The Morgan fingerprint density at radius 2 is 2.35 bits per heavy atom. The van der Waals surface area contributed by atoms with Crippen LogP contribution in [0.2, 0.25) is 0 Å². The van der Waals surface area contributed by atoms with E-state index in [4.69, 9.17) is 0 Å². The summed E-state index contributed by atoms with van der Waals surface area (Å²) in [6.07, 6.45) is 1.38. The SMILES string of the molecule is O=c1[nH]c(CNc2ccc([N+](=O)[O-])nc2)cs1. The molecule has 2 aromatic rings. The van der Waals surface area contributed by atoms with Gasteiger partial charge in [-0.25, -0.2) is 0 Å². The number of aromatic nitrogens is 2. The van der Waals surface area contributed by atoms with Crippen LogP contribution in [-0.2, 0) is 6.54 Å². The van der Waals surface area contributed by atoms with Crippen molar-refractivity contribution in [1.82, 2.24) is 9.97 Å². The minimum absolute atomic E-state index is 0.108. The van der Waals surface area contributed by atoms with Gasteiger partial charge in [0.15, 0.2) is 6.20 Å². The predicted octanol–water partition coefficient (Wildman–Crippen LogP) is 1.35. The first-order valence-electron chi connectivity index (χ1n) is 4.66. The third kappa shape index (κ3) is 2.88. The van der Waals surface area contributed by atoms with Gasteiger partial charge in [-0.15, -0.1) is 0 Å². The van der Waals surface area contributed by atoms with Crippen molar-refractivity contribution in [3.05, 3.63) is 49.2 Å². The van der Waals surface area contributed by atoms with E-state index in [1.165, 1.54) is 12.3 Å². The third-order valence-corrected chi connectivity index (χ3v) is 2.71. The molecule has 0 radical (unpaired) electrons. The molecule has 2 heterocycles. The van der Waals surface area contributed by atoms with Gasteiger partial charge >= 0.3 is 10.7 Å². The second-order valence-electron chi connectivity index (χ2n) is 3.19. The molecule has 0 unspecified atom stereocenters. The van der Waals surface area contributed by atoms with E-state index in [1.807, 2.05) is 0 Å². The van der Waals surface area contributed by atoms with Crippen molar-refractivity contribution < 1.29 is 4.92 Å². The van der Waals surface area contributed by atoms with Crippen LogP contribution in [0, 0.1) is 10.1 Å². The molecule has 0 bridgehead atoms. The van der Waals surface area contributed by atoms with Crippen molar-refractivity contribution >= 4 is 22.8 Å². The maximum Gasteiger partial charge on any atom is 0.363 e. The van der Waals surface area contributed by atoms with Gasteiger partial charge < -0.3 is 20.4 Å². The molecule has 7 nitrogen and oxygen atoms in total. The van der Waals surface area contributed by atoms with Gasteiger partial charge in [0.05, 0.1) is 12.2 Å². The molecule has 17 heavy (non-hydrogen) atoms. The topological polar surface area (TPSA) is 101 Å². The highest BCUT2D eigenvalue weighted by Gasteiger charge is 2.06. The van der Waals surface area contributed by atoms with Gasteiger partial charge in [-0.2, -0.15) is 0 Å². The summed E-state index contributed by atoms with van der Waals surface area (Å²) >= 11 is 1.09. The summed E-state index contributed by atoms with van der Waals surface area (Å²) in [5, 5.41) is 15.1. The van der Waals surface area contributed by atoms with E-state index >= 15 is 0 Å². The molecule has 0 spiro atoms. The zero-order chi connectivity index (χ0) is 12.3. The molecular weight excluding hydrogens is 244 g/mol. The van der Waals surface area contributed by atoms with Crippen LogP contribution in [0.1, 0.15) is 5.69 Å². The van der Waals surface area contributed by atoms with Gasteiger partial charge in [0, 0.05) is 17.1 Å². The Morgan fingerprint density at radius 3 is 2.88 bits per heavy atom. The average molecular weight is 252 g/mol. The first kappa shape index (κ1) is 11.3. The molecule has 2 aromatic heterocycles. The van der Waals surface area contributed by atoms with Gasteiger partial charge in [0.25, 0.3) is 0 Å². The number of aromatic amines is 1. The number of hydrogen-bond donors (Lipinski definition) is 2. The van der Waals surface area contributed by atoms with Crippen LogP contribution in [-0.4, -0.2) is 14.9 Å². The quantitative estimate of drug-likeness (QED) is 0.631. The lowest BCUT2D eigenvalue weighted by atomic mass is 10.4. The molecule has 0 aromatic carbocycles. The van der Waals surface area contributed by atoms with Crippen molar-refractivity contribution in [2.45, 2.75) is 6.54 Å². The largest absolute Gasteiger partial charge is 0.376 e. The van der Waals surface area contributed by atoms with E-state index in [-0.39, 0.29) is 10.7 Å². The third-order valence-electron chi connectivity index (χ3n) is 1.99. The maximum atomic E-state index is 10.9. The van der Waals surface area contributed by atoms with E-state index in [0.717, 1.165) is 17.0 Å². The second kappa shape index (κ2) is 4.74. The normalized spacial score (nSPS) is 10.1. The first-order valence-corrected chi connectivity index (χ1v) is 5.54. The highest BCUT2D eigenvalue weighted by Crippen LogP contribution is 2.12. The van der Waals surface area contributed by atoms with Gasteiger partial charge in [-0.3, -0.25) is 4.79 Å². The Balaban J connectivity index is 2.00. The minimum Gasteiger partial charge on any atom is -0.376 e. The second-order valence-corrected chi connectivity index (χ2v) is 4.03. The van der Waals surface area contributed by atoms with E-state index < -0.39 is 4.92 Å². The van der Waals surface area contributed by atoms with Crippen LogP contribution < -0.4 is 10.2 Å². The Bertz CT molecular complexity index is 574. The predicted molar refractivity (Wildman–Crippen MR) is 63.2 cm³/mol. The highest BCUT2D eigenvalue weighted by molar-refractivity contribution is 7.07. The van der Waals surface area contributed by atoms with E-state index in [9.17, 15) is 14.9 Å². The number of hydrogen-bond acceptors (Lipinski definition) is 6. The maximum absolute atomic E-state index is 10.9. The summed E-state index contributed by atoms with van der Waals surface area (Å²) in [5.41, 5.74) is 1.42. The number of nitrogens with one attached hydrogen (secondary N) is 2. The fourth-order valence-electron chi connectivity index (χ4n) is 1.20. The molecule has 0 amide bonds. The monoisotopic (exact) mass is 252 g/mol. The highest BCUT2D eigenvalue weighted by atomic mass is 32.1. The first-order chi connectivity index (χ1) is 8.15. The Hall–Kier alpha value is -2.22. The van der Waals surface area contributed by atoms with Gasteiger partial charge in [-0.1, -0.05) is 11.3 Å². The number of H-pyrrole nitrogens is 1. The molecule has 0 atom stereocenters. The van der Waals surface area contributed by atoms with Crippen LogP contribution >= 0.6 is 11.3 Å². The van der Waals surface area contributed by atoms with Crippen LogP contribution in [0.5, 0.6) is 0 Å². The molecule has 0 aliphatic carbocycles. The molecule has 2 rings (SSSR count). The lowest BCUT2D eigenvalue weighted by Gasteiger charge is -2.01. The summed E-state index contributed by atoms with van der Waals surface area (Å²) < 4.78 is 0. The van der Waals surface area contributed by atoms with Crippen molar-refractivity contribution in [1.29, 1.82) is 0 Å². The number of thiazole rings is 1. The number of nitrogens with zero attached hydrogens (tertiary/aromatic N) is 2. The Labute approximate surface area is 99.3 Å². The van der Waals surface area contributed by atoms with Crippen molar-refractivity contribution in [2.24, 2.45) is 0 Å². The van der Waals surface area contributed by atoms with E-state index in [0.29, 0.717) is 12.2 Å². The lowest BCUT2D eigenvalue weighted by Crippen LogP contribution is -2.03. The molecule has 0 fully saturated rings. The smallest absolute Gasteiger partial charge is 0.363 e. The summed E-state index contributed by atoms with van der Waals surface area (Å²) in [7, 11) is 0. The van der Waals surface area contributed by atoms with Crippen LogP contribution in [0.4, 0.5) is 11.5 Å². The Morgan fingerprint density at radius 1 is 1.53 bits per heavy atom. The van der Waals surface area contributed by atoms with Gasteiger partial charge in [0.2, 0.25) is 0 Å². The zero-order valence-corrected chi connectivity index (χ0v) is 9.36. The number of rotatable bonds is 4. The molecule has 0 saturated heterocycles. The van der Waals surface area contributed by atoms with Crippen molar-refractivity contribution in [3.63, 3.8) is 0 Å². The van der Waals surface area contributed by atoms with Gasteiger partial charge in [0.1, 0.15) is 0 Å². The van der Waals surface area contributed by atoms with Crippen molar-refractivity contribution in [3.8, 4) is 0 Å². The lowest BCUT2D eigenvalue weighted by molar-refractivity contribution is -0.389. The molecular formula is C9H8N4O3S. The average Bonchev–Trinajstić information content (AvgIpc) is 2.73. The number of nitro groups is 1. The summed E-state index contributed by atoms with van der Waals surface area (Å²) in [6.45, 7) is 0.443. The molecule has 8 heteroatoms. The summed E-state index contributed by atoms with van der Waals surface area (Å²) in [6, 6.07) is 2.88. The van der Waals surface area contributed by atoms with Crippen LogP contribution in [0.3, 0.4) is 0 Å². The zero-order valence-electron chi connectivity index (χ0n) is 8.54. The fraction of sp³-hybridized carbons (Fsp3) is 0.111. The summed E-state index contributed by atoms with van der Waals surface area (Å²) in [5.74, 6) is -0.195. The standard InChI is InChI=1S/C9H8N4O3S/c14-9-12-7(5-17-9)4-10-6-1-2-8(11-3-6)13(15)16/h1-3,5,10H,4H2,(H,12,14). The van der Waals surface area contributed by atoms with Gasteiger partial charge in [-0.05, 0) is 16.0 Å². The van der Waals surface area contributed by atoms with Crippen LogP contribution in [0.25, 0.3) is 0 Å². The molecule has 0 aliphatic heterocycles. The number of anilines is 1. The summed E-state index contributed by atoms with van der Waals surface area (Å²) in [4.78, 5) is 26.9. The molecule has 0 saturated carbocycles. The number of pyridine rings is 1. The van der Waals surface area contributed by atoms with E-state index in [2.05, 4.69) is 15.3 Å². The minimum atomic E-state index is -0.555. The Kier molecular flexibility index (Phi) is 3.15. The molecule has 88 valence electrons. The van der Waals surface area contributed by atoms with Crippen LogP contribution in [0.15, 0.2) is 28.5 Å². The molecule has 0 aliphatic rings. The molecule has 2 N–H and O–H groups in total. The van der Waals surface area contributed by atoms with E-state index in [1.54, 1.807) is 11.4 Å².